The molecule has 0 bridgehead atoms. The lowest BCUT2D eigenvalue weighted by Gasteiger charge is -2.03. The van der Waals surface area contributed by atoms with Crippen molar-refractivity contribution in [3.8, 4) is 0 Å². The van der Waals surface area contributed by atoms with Crippen molar-refractivity contribution in [3.63, 3.8) is 0 Å². The van der Waals surface area contributed by atoms with Gasteiger partial charge in [-0.15, -0.1) is 0 Å². The third kappa shape index (κ3) is 13.5. The molecule has 0 saturated carbocycles. The summed E-state index contributed by atoms with van der Waals surface area (Å²) >= 11 is 3.12. The van der Waals surface area contributed by atoms with Crippen LogP contribution in [0.25, 0.3) is 0 Å². The number of aliphatic hydroxyl groups is 1. The zero-order valence-electron chi connectivity index (χ0n) is 10.2. The first-order valence-corrected chi connectivity index (χ1v) is 5.88. The largest absolute Gasteiger partial charge is 0.395 e. The molecule has 1 rings (SSSR count). The number of nitrogens with zero attached hydrogens (tertiary/aromatic N) is 2. The second-order valence-electron chi connectivity index (χ2n) is 2.83. The average molecular weight is 295 g/mol. The number of pyridine rings is 1. The van der Waals surface area contributed by atoms with Gasteiger partial charge in [-0.05, 0) is 42.2 Å². The monoisotopic (exact) mass is 294 g/mol. The van der Waals surface area contributed by atoms with Crippen LogP contribution in [0.2, 0.25) is 0 Å². The van der Waals surface area contributed by atoms with Crippen LogP contribution in [0.4, 0.5) is 4.39 Å². The molecule has 0 spiro atoms. The molecular formula is C11H20BrFN2O. The minimum absolute atomic E-state index is 0.257. The van der Waals surface area contributed by atoms with Crippen molar-refractivity contribution in [1.29, 1.82) is 0 Å². The first-order valence-electron chi connectivity index (χ1n) is 5.09. The molecule has 0 aliphatic carbocycles. The number of aromatic nitrogens is 1. The summed E-state index contributed by atoms with van der Waals surface area (Å²) in [6, 6.07) is 2.90. The fourth-order valence-corrected chi connectivity index (χ4v) is 0.792. The van der Waals surface area contributed by atoms with Gasteiger partial charge in [0.15, 0.2) is 0 Å². The van der Waals surface area contributed by atoms with E-state index < -0.39 is 5.95 Å². The quantitative estimate of drug-likeness (QED) is 0.852. The number of likely N-dealkylation sites (N-methyl/N-ethyl adjacent to an activating group) is 1. The molecule has 0 aliphatic heterocycles. The third-order valence-corrected chi connectivity index (χ3v) is 1.71. The summed E-state index contributed by atoms with van der Waals surface area (Å²) in [5.74, 6) is -0.451. The lowest BCUT2D eigenvalue weighted by molar-refractivity contribution is 0.243. The lowest BCUT2D eigenvalue weighted by atomic mass is 10.5. The summed E-state index contributed by atoms with van der Waals surface area (Å²) in [5, 5.41) is 8.20. The highest BCUT2D eigenvalue weighted by atomic mass is 79.9. The van der Waals surface area contributed by atoms with Crippen LogP contribution in [0.3, 0.4) is 0 Å². The van der Waals surface area contributed by atoms with E-state index in [1.54, 1.807) is 6.07 Å². The van der Waals surface area contributed by atoms with Crippen LogP contribution in [0.1, 0.15) is 13.8 Å². The fraction of sp³-hybridized carbons (Fsp3) is 0.545. The predicted molar refractivity (Wildman–Crippen MR) is 68.9 cm³/mol. The zero-order valence-corrected chi connectivity index (χ0v) is 11.8. The van der Waals surface area contributed by atoms with Gasteiger partial charge in [0.05, 0.1) is 6.61 Å². The SMILES string of the molecule is CC.CN(C)CCO.Fc1ccc(Br)cn1. The van der Waals surface area contributed by atoms with Crippen LogP contribution in [-0.2, 0) is 0 Å². The Labute approximate surface area is 105 Å². The lowest BCUT2D eigenvalue weighted by Crippen LogP contribution is -2.15. The molecule has 0 fully saturated rings. The molecular weight excluding hydrogens is 275 g/mol. The van der Waals surface area contributed by atoms with Gasteiger partial charge in [0.1, 0.15) is 0 Å². The van der Waals surface area contributed by atoms with Crippen molar-refractivity contribution in [2.45, 2.75) is 13.8 Å². The minimum atomic E-state index is -0.451. The number of aliphatic hydroxyl groups excluding tert-OH is 1. The fourth-order valence-electron chi connectivity index (χ4n) is 0.558. The van der Waals surface area contributed by atoms with E-state index in [9.17, 15) is 4.39 Å². The third-order valence-electron chi connectivity index (χ3n) is 1.24. The topological polar surface area (TPSA) is 36.4 Å². The first-order chi connectivity index (χ1) is 7.56. The maximum atomic E-state index is 12.0. The smallest absolute Gasteiger partial charge is 0.212 e. The molecule has 3 nitrogen and oxygen atoms in total. The zero-order chi connectivity index (χ0) is 13.0. The van der Waals surface area contributed by atoms with Crippen LogP contribution >= 0.6 is 15.9 Å². The molecule has 1 N–H and O–H groups in total. The van der Waals surface area contributed by atoms with Gasteiger partial charge in [0.2, 0.25) is 5.95 Å². The number of hydrogen-bond donors (Lipinski definition) is 1. The molecule has 0 unspecified atom stereocenters. The molecule has 0 amide bonds. The highest BCUT2D eigenvalue weighted by Gasteiger charge is 1.86. The Hall–Kier alpha value is -0.520. The van der Waals surface area contributed by atoms with Gasteiger partial charge >= 0.3 is 0 Å². The van der Waals surface area contributed by atoms with E-state index in [4.69, 9.17) is 5.11 Å². The van der Waals surface area contributed by atoms with Crippen LogP contribution < -0.4 is 0 Å². The normalized spacial score (nSPS) is 8.75. The highest BCUT2D eigenvalue weighted by Crippen LogP contribution is 2.05. The van der Waals surface area contributed by atoms with Gasteiger partial charge in [0, 0.05) is 17.2 Å². The van der Waals surface area contributed by atoms with Crippen LogP contribution in [0.15, 0.2) is 22.8 Å². The van der Waals surface area contributed by atoms with Gasteiger partial charge in [-0.1, -0.05) is 13.8 Å². The second kappa shape index (κ2) is 12.5. The van der Waals surface area contributed by atoms with E-state index in [1.165, 1.54) is 12.3 Å². The van der Waals surface area contributed by atoms with Crippen molar-refractivity contribution in [3.05, 3.63) is 28.7 Å². The van der Waals surface area contributed by atoms with Crippen molar-refractivity contribution in [2.75, 3.05) is 27.2 Å². The second-order valence-corrected chi connectivity index (χ2v) is 3.74. The Morgan fingerprint density at radius 1 is 1.38 bits per heavy atom. The standard InChI is InChI=1S/C5H3BrFN.C4H11NO.C2H6/c6-4-1-2-5(7)8-3-4;1-5(2)3-4-6;1-2/h1-3H;6H,3-4H2,1-2H3;1-2H3. The predicted octanol–water partition coefficient (Wildman–Crippen LogP) is 2.55. The summed E-state index contributed by atoms with van der Waals surface area (Å²) in [6.45, 7) is 5.02. The number of halogens is 2. The van der Waals surface area contributed by atoms with Gasteiger partial charge in [0.25, 0.3) is 0 Å². The summed E-state index contributed by atoms with van der Waals surface area (Å²) in [7, 11) is 3.85. The van der Waals surface area contributed by atoms with E-state index in [1.807, 2.05) is 32.8 Å². The number of rotatable bonds is 2. The molecule has 0 aliphatic rings. The molecule has 0 saturated heterocycles. The van der Waals surface area contributed by atoms with Crippen molar-refractivity contribution in [2.24, 2.45) is 0 Å². The molecule has 16 heavy (non-hydrogen) atoms. The molecule has 0 radical (unpaired) electrons. The molecule has 1 aromatic rings. The maximum absolute atomic E-state index is 12.0. The Bertz CT molecular complexity index is 221. The first kappa shape index (κ1) is 17.9. The molecule has 5 heteroatoms. The Kier molecular flexibility index (Phi) is 14.0. The molecule has 94 valence electrons. The van der Waals surface area contributed by atoms with E-state index >= 15 is 0 Å². The van der Waals surface area contributed by atoms with Crippen LogP contribution in [-0.4, -0.2) is 42.2 Å². The summed E-state index contributed by atoms with van der Waals surface area (Å²) in [5.41, 5.74) is 0. The van der Waals surface area contributed by atoms with Crippen molar-refractivity contribution < 1.29 is 9.50 Å². The molecule has 0 aromatic carbocycles. The van der Waals surface area contributed by atoms with Gasteiger partial charge in [-0.25, -0.2) is 4.98 Å². The van der Waals surface area contributed by atoms with Gasteiger partial charge in [-0.3, -0.25) is 0 Å². The van der Waals surface area contributed by atoms with Crippen molar-refractivity contribution >= 4 is 15.9 Å². The minimum Gasteiger partial charge on any atom is -0.395 e. The van der Waals surface area contributed by atoms with Crippen LogP contribution in [0.5, 0.6) is 0 Å². The summed E-state index contributed by atoms with van der Waals surface area (Å²) in [4.78, 5) is 5.30. The molecule has 0 atom stereocenters. The van der Waals surface area contributed by atoms with E-state index in [-0.39, 0.29) is 6.61 Å². The van der Waals surface area contributed by atoms with E-state index in [0.717, 1.165) is 11.0 Å². The summed E-state index contributed by atoms with van der Waals surface area (Å²) in [6.07, 6.45) is 1.41. The highest BCUT2D eigenvalue weighted by molar-refractivity contribution is 9.10. The van der Waals surface area contributed by atoms with E-state index in [0.29, 0.717) is 0 Å². The van der Waals surface area contributed by atoms with Crippen LogP contribution in [0, 0.1) is 5.95 Å². The summed E-state index contributed by atoms with van der Waals surface area (Å²) < 4.78 is 12.7. The Balaban J connectivity index is 0. The number of hydrogen-bond acceptors (Lipinski definition) is 3. The average Bonchev–Trinajstić information content (AvgIpc) is 2.26. The Morgan fingerprint density at radius 2 is 1.94 bits per heavy atom. The van der Waals surface area contributed by atoms with Gasteiger partial charge in [-0.2, -0.15) is 4.39 Å². The van der Waals surface area contributed by atoms with Crippen molar-refractivity contribution in [1.82, 2.24) is 9.88 Å². The van der Waals surface area contributed by atoms with E-state index in [2.05, 4.69) is 20.9 Å². The van der Waals surface area contributed by atoms with Gasteiger partial charge < -0.3 is 10.0 Å². The molecule has 1 aromatic heterocycles. The maximum Gasteiger partial charge on any atom is 0.212 e. The Morgan fingerprint density at radius 3 is 2.12 bits per heavy atom. The molecule has 1 heterocycles.